The minimum absolute atomic E-state index is 0.107. The molecule has 1 N–H and O–H groups in total. The van der Waals surface area contributed by atoms with Gasteiger partial charge in [0.25, 0.3) is 5.91 Å². The molecule has 9 nitrogen and oxygen atoms in total. The summed E-state index contributed by atoms with van der Waals surface area (Å²) in [5.41, 5.74) is 0.269. The molecule has 0 saturated carbocycles. The van der Waals surface area contributed by atoms with Gasteiger partial charge in [-0.05, 0) is 38.5 Å². The first kappa shape index (κ1) is 26.3. The van der Waals surface area contributed by atoms with E-state index in [2.05, 4.69) is 30.2 Å². The molecule has 37 heavy (non-hydrogen) atoms. The molecule has 0 radical (unpaired) electrons. The maximum Gasteiger partial charge on any atom is 0.419 e. The second-order valence-electron chi connectivity index (χ2n) is 8.51. The van der Waals surface area contributed by atoms with Crippen molar-refractivity contribution in [2.75, 3.05) is 18.4 Å². The second kappa shape index (κ2) is 9.92. The normalized spacial score (nSPS) is 19.5. The molecule has 0 spiro atoms. The summed E-state index contributed by atoms with van der Waals surface area (Å²) in [5.74, 6) is -0.770. The molecule has 2 atom stereocenters. The van der Waals surface area contributed by atoms with Gasteiger partial charge < -0.3 is 15.0 Å². The van der Waals surface area contributed by atoms with Crippen LogP contribution in [0.4, 0.5) is 27.9 Å². The monoisotopic (exact) mass is 523 g/mol. The lowest BCUT2D eigenvalue weighted by Crippen LogP contribution is -2.61. The molecule has 196 valence electrons. The van der Waals surface area contributed by atoms with Gasteiger partial charge in [-0.15, -0.1) is 0 Å². The fourth-order valence-electron chi connectivity index (χ4n) is 4.05. The van der Waals surface area contributed by atoms with Crippen LogP contribution in [0.15, 0.2) is 36.9 Å². The first-order chi connectivity index (χ1) is 17.4. The summed E-state index contributed by atoms with van der Waals surface area (Å²) in [6.07, 6.45) is -5.25. The smallest absolute Gasteiger partial charge is 0.352 e. The molecule has 3 aromatic rings. The Labute approximate surface area is 208 Å². The van der Waals surface area contributed by atoms with E-state index >= 15 is 0 Å². The number of hydrogen-bond donors (Lipinski definition) is 1. The van der Waals surface area contributed by atoms with Crippen molar-refractivity contribution in [3.63, 3.8) is 0 Å². The number of nitrogens with one attached hydrogen (secondary N) is 1. The average molecular weight is 523 g/mol. The number of rotatable bonds is 5. The highest BCUT2D eigenvalue weighted by Gasteiger charge is 2.48. The van der Waals surface area contributed by atoms with Crippen LogP contribution in [0.25, 0.3) is 11.4 Å². The van der Waals surface area contributed by atoms with Crippen LogP contribution in [0.3, 0.4) is 0 Å². The Morgan fingerprint density at radius 2 is 1.81 bits per heavy atom. The standard InChI is InChI=1S/C23H22F5N7O2/c1-12-7-13(2)34-18(17(12)19-29-5-4-6-30-19)20(36)35-11-22(24,25)37-14(3)16(35)10-33-21-31-8-15(9-32-21)23(26,27)28/h4-9,14,16H,10-11H2,1-3H3,(H,31,32,33)/t14-,16+/m0/s1. The summed E-state index contributed by atoms with van der Waals surface area (Å²) in [6.45, 7) is 3.51. The number of carbonyl (C=O) groups is 1. The molecular formula is C23H22F5N7O2. The van der Waals surface area contributed by atoms with E-state index in [1.165, 1.54) is 19.3 Å². The number of aryl methyl sites for hydroxylation is 2. The number of alkyl halides is 5. The molecule has 0 aromatic carbocycles. The molecule has 1 aliphatic rings. The summed E-state index contributed by atoms with van der Waals surface area (Å²) in [5, 5.41) is 2.70. The maximum absolute atomic E-state index is 14.4. The number of hydrogen-bond acceptors (Lipinski definition) is 8. The third kappa shape index (κ3) is 5.79. The average Bonchev–Trinajstić information content (AvgIpc) is 2.82. The van der Waals surface area contributed by atoms with Crippen LogP contribution in [0.5, 0.6) is 0 Å². The van der Waals surface area contributed by atoms with E-state index < -0.39 is 42.4 Å². The maximum atomic E-state index is 14.4. The topological polar surface area (TPSA) is 106 Å². The van der Waals surface area contributed by atoms with Gasteiger partial charge in [0.2, 0.25) is 5.95 Å². The number of morpholine rings is 1. The summed E-state index contributed by atoms with van der Waals surface area (Å²) in [6, 6.07) is 2.35. The number of nitrogens with zero attached hydrogens (tertiary/aromatic N) is 6. The Bertz CT molecular complexity index is 1270. The van der Waals surface area contributed by atoms with Crippen LogP contribution < -0.4 is 5.32 Å². The molecule has 0 unspecified atom stereocenters. The van der Waals surface area contributed by atoms with Gasteiger partial charge >= 0.3 is 12.3 Å². The highest BCUT2D eigenvalue weighted by atomic mass is 19.4. The molecule has 3 aromatic heterocycles. The first-order valence-corrected chi connectivity index (χ1v) is 11.1. The van der Waals surface area contributed by atoms with Gasteiger partial charge in [0.1, 0.15) is 12.2 Å². The van der Waals surface area contributed by atoms with E-state index in [1.807, 2.05) is 0 Å². The lowest BCUT2D eigenvalue weighted by Gasteiger charge is -2.43. The Hall–Kier alpha value is -3.81. The summed E-state index contributed by atoms with van der Waals surface area (Å²) < 4.78 is 72.1. The number of carbonyl (C=O) groups excluding carboxylic acids is 1. The molecule has 1 saturated heterocycles. The highest BCUT2D eigenvalue weighted by Crippen LogP contribution is 2.33. The van der Waals surface area contributed by atoms with Crippen molar-refractivity contribution in [2.24, 2.45) is 0 Å². The molecule has 1 amide bonds. The molecule has 0 bridgehead atoms. The summed E-state index contributed by atoms with van der Waals surface area (Å²) in [7, 11) is 0. The zero-order valence-electron chi connectivity index (χ0n) is 19.9. The predicted molar refractivity (Wildman–Crippen MR) is 121 cm³/mol. The zero-order valence-corrected chi connectivity index (χ0v) is 19.9. The Morgan fingerprint density at radius 1 is 1.16 bits per heavy atom. The van der Waals surface area contributed by atoms with Gasteiger partial charge in [0, 0.05) is 37.0 Å². The van der Waals surface area contributed by atoms with E-state index in [0.29, 0.717) is 29.2 Å². The van der Waals surface area contributed by atoms with Crippen molar-refractivity contribution >= 4 is 11.9 Å². The van der Waals surface area contributed by atoms with E-state index in [9.17, 15) is 26.7 Å². The number of aromatic nitrogens is 5. The van der Waals surface area contributed by atoms with Crippen LogP contribution >= 0.6 is 0 Å². The van der Waals surface area contributed by atoms with Crippen molar-refractivity contribution in [2.45, 2.75) is 45.2 Å². The summed E-state index contributed by atoms with van der Waals surface area (Å²) in [4.78, 5) is 34.6. The largest absolute Gasteiger partial charge is 0.419 e. The fraction of sp³-hybridized carbons (Fsp3) is 0.391. The van der Waals surface area contributed by atoms with Gasteiger partial charge in [-0.1, -0.05) is 0 Å². The van der Waals surface area contributed by atoms with Crippen LogP contribution in [-0.2, 0) is 10.9 Å². The predicted octanol–water partition coefficient (Wildman–Crippen LogP) is 3.90. The quantitative estimate of drug-likeness (QED) is 0.502. The highest BCUT2D eigenvalue weighted by molar-refractivity contribution is 5.99. The van der Waals surface area contributed by atoms with Crippen LogP contribution in [0, 0.1) is 13.8 Å². The Morgan fingerprint density at radius 3 is 2.43 bits per heavy atom. The number of ether oxygens (including phenoxy) is 1. The first-order valence-electron chi connectivity index (χ1n) is 11.1. The van der Waals surface area contributed by atoms with Gasteiger partial charge in [-0.2, -0.15) is 22.0 Å². The minimum atomic E-state index is -4.61. The molecule has 4 heterocycles. The number of halogens is 5. The van der Waals surface area contributed by atoms with Crippen molar-refractivity contribution in [1.82, 2.24) is 29.8 Å². The number of amides is 1. The molecule has 4 rings (SSSR count). The van der Waals surface area contributed by atoms with Crippen LogP contribution in [-0.4, -0.2) is 67.1 Å². The van der Waals surface area contributed by atoms with E-state index in [1.54, 1.807) is 26.0 Å². The fourth-order valence-corrected chi connectivity index (χ4v) is 4.05. The molecular weight excluding hydrogens is 501 g/mol. The zero-order chi connectivity index (χ0) is 27.0. The Kier molecular flexibility index (Phi) is 7.04. The number of pyridine rings is 1. The third-order valence-electron chi connectivity index (χ3n) is 5.70. The molecule has 14 heteroatoms. The third-order valence-corrected chi connectivity index (χ3v) is 5.70. The lowest BCUT2D eigenvalue weighted by molar-refractivity contribution is -0.298. The van der Waals surface area contributed by atoms with Crippen LogP contribution in [0.2, 0.25) is 0 Å². The van der Waals surface area contributed by atoms with Gasteiger partial charge in [0.05, 0.1) is 23.3 Å². The SMILES string of the molecule is Cc1cc(C)c(-c2ncccn2)c(C(=O)N2CC(F)(F)O[C@@H](C)[C@H]2CNc2ncc(C(F)(F)F)cn2)n1. The van der Waals surface area contributed by atoms with Gasteiger partial charge in [-0.25, -0.2) is 24.9 Å². The van der Waals surface area contributed by atoms with Crippen LogP contribution in [0.1, 0.15) is 34.2 Å². The summed E-state index contributed by atoms with van der Waals surface area (Å²) >= 11 is 0. The van der Waals surface area contributed by atoms with Crippen molar-refractivity contribution in [3.8, 4) is 11.4 Å². The van der Waals surface area contributed by atoms with E-state index in [4.69, 9.17) is 4.74 Å². The van der Waals surface area contributed by atoms with Gasteiger partial charge in [0.15, 0.2) is 5.82 Å². The molecule has 1 fully saturated rings. The van der Waals surface area contributed by atoms with Crippen molar-refractivity contribution in [1.29, 1.82) is 0 Å². The minimum Gasteiger partial charge on any atom is -0.352 e. The van der Waals surface area contributed by atoms with Gasteiger partial charge in [-0.3, -0.25) is 4.79 Å². The Balaban J connectivity index is 1.66. The van der Waals surface area contributed by atoms with Crippen molar-refractivity contribution < 1.29 is 31.5 Å². The lowest BCUT2D eigenvalue weighted by atomic mass is 10.0. The van der Waals surface area contributed by atoms with Crippen molar-refractivity contribution in [3.05, 3.63) is 59.4 Å². The van der Waals surface area contributed by atoms with E-state index in [0.717, 1.165) is 4.90 Å². The molecule has 0 aliphatic carbocycles. The number of anilines is 1. The second-order valence-corrected chi connectivity index (χ2v) is 8.51. The van der Waals surface area contributed by atoms with E-state index in [-0.39, 0.29) is 24.0 Å². The molecule has 1 aliphatic heterocycles.